The first kappa shape index (κ1) is 10.2. The Kier molecular flexibility index (Phi) is 3.22. The van der Waals surface area contributed by atoms with Gasteiger partial charge in [0.2, 0.25) is 0 Å². The molecule has 0 saturated heterocycles. The van der Waals surface area contributed by atoms with E-state index in [2.05, 4.69) is 20.0 Å². The highest BCUT2D eigenvalue weighted by Gasteiger charge is 2.05. The average molecular weight is 196 g/mol. The summed E-state index contributed by atoms with van der Waals surface area (Å²) in [6, 6.07) is 0. The zero-order valence-corrected chi connectivity index (χ0v) is 8.07. The summed E-state index contributed by atoms with van der Waals surface area (Å²) in [6.07, 6.45) is 1.34. The molecule has 0 atom stereocenters. The molecule has 6 nitrogen and oxygen atoms in total. The van der Waals surface area contributed by atoms with Gasteiger partial charge in [-0.25, -0.2) is 9.97 Å². The van der Waals surface area contributed by atoms with Gasteiger partial charge in [-0.1, -0.05) is 0 Å². The van der Waals surface area contributed by atoms with E-state index in [-0.39, 0.29) is 12.5 Å². The summed E-state index contributed by atoms with van der Waals surface area (Å²) >= 11 is 0. The fourth-order valence-corrected chi connectivity index (χ4v) is 0.870. The third-order valence-corrected chi connectivity index (χ3v) is 1.75. The third-order valence-electron chi connectivity index (χ3n) is 1.75. The van der Waals surface area contributed by atoms with E-state index in [4.69, 9.17) is 5.73 Å². The second-order valence-corrected chi connectivity index (χ2v) is 2.66. The van der Waals surface area contributed by atoms with Crippen LogP contribution in [0.4, 0.5) is 11.6 Å². The SMILES string of the molecule is COC(=O)CNc1ncnc(N)c1C. The van der Waals surface area contributed by atoms with Crippen LogP contribution in [0.15, 0.2) is 6.33 Å². The Morgan fingerprint density at radius 3 is 3.00 bits per heavy atom. The first-order chi connectivity index (χ1) is 6.65. The largest absolute Gasteiger partial charge is 0.468 e. The Hall–Kier alpha value is -1.85. The number of methoxy groups -OCH3 is 1. The molecular formula is C8H12N4O2. The molecule has 1 aromatic heterocycles. The zero-order valence-electron chi connectivity index (χ0n) is 8.07. The van der Waals surface area contributed by atoms with Crippen molar-refractivity contribution in [1.29, 1.82) is 0 Å². The van der Waals surface area contributed by atoms with Gasteiger partial charge in [-0.15, -0.1) is 0 Å². The normalized spacial score (nSPS) is 9.57. The Morgan fingerprint density at radius 1 is 1.64 bits per heavy atom. The molecule has 1 rings (SSSR count). The number of rotatable bonds is 3. The molecule has 3 N–H and O–H groups in total. The van der Waals surface area contributed by atoms with Gasteiger partial charge in [-0.05, 0) is 6.92 Å². The number of nitrogen functional groups attached to an aromatic ring is 1. The van der Waals surface area contributed by atoms with Crippen molar-refractivity contribution in [1.82, 2.24) is 9.97 Å². The summed E-state index contributed by atoms with van der Waals surface area (Å²) in [4.78, 5) is 18.6. The molecule has 0 aliphatic heterocycles. The standard InChI is InChI=1S/C8H12N4O2/c1-5-7(9)11-4-12-8(5)10-3-6(13)14-2/h4H,3H2,1-2H3,(H3,9,10,11,12). The van der Waals surface area contributed by atoms with Crippen LogP contribution in [-0.2, 0) is 9.53 Å². The van der Waals surface area contributed by atoms with E-state index in [0.29, 0.717) is 11.6 Å². The number of esters is 1. The van der Waals surface area contributed by atoms with Gasteiger partial charge in [-0.3, -0.25) is 4.79 Å². The molecule has 0 aliphatic carbocycles. The van der Waals surface area contributed by atoms with Crippen molar-refractivity contribution in [3.8, 4) is 0 Å². The molecule has 0 aromatic carbocycles. The number of nitrogens with zero attached hydrogens (tertiary/aromatic N) is 2. The van der Waals surface area contributed by atoms with E-state index in [0.717, 1.165) is 5.56 Å². The summed E-state index contributed by atoms with van der Waals surface area (Å²) in [5.74, 6) is 0.580. The summed E-state index contributed by atoms with van der Waals surface area (Å²) in [6.45, 7) is 1.84. The number of nitrogens with two attached hydrogens (primary N) is 1. The quantitative estimate of drug-likeness (QED) is 0.659. The minimum Gasteiger partial charge on any atom is -0.468 e. The number of hydrogen-bond acceptors (Lipinski definition) is 6. The predicted octanol–water partition coefficient (Wildman–Crippen LogP) is -0.0479. The highest BCUT2D eigenvalue weighted by molar-refractivity contribution is 5.75. The number of anilines is 2. The van der Waals surface area contributed by atoms with Crippen molar-refractivity contribution in [2.45, 2.75) is 6.92 Å². The summed E-state index contributed by atoms with van der Waals surface area (Å²) in [5, 5.41) is 2.80. The average Bonchev–Trinajstić information content (AvgIpc) is 2.20. The van der Waals surface area contributed by atoms with Crippen molar-refractivity contribution in [3.05, 3.63) is 11.9 Å². The molecule has 0 amide bonds. The lowest BCUT2D eigenvalue weighted by Crippen LogP contribution is -2.16. The number of ether oxygens (including phenoxy) is 1. The molecule has 6 heteroatoms. The lowest BCUT2D eigenvalue weighted by molar-refractivity contribution is -0.138. The molecule has 0 unspecified atom stereocenters. The van der Waals surface area contributed by atoms with Crippen molar-refractivity contribution in [3.63, 3.8) is 0 Å². The Labute approximate surface area is 81.5 Å². The number of hydrogen-bond donors (Lipinski definition) is 2. The van der Waals surface area contributed by atoms with E-state index in [1.165, 1.54) is 13.4 Å². The van der Waals surface area contributed by atoms with Crippen LogP contribution in [0.3, 0.4) is 0 Å². The van der Waals surface area contributed by atoms with Gasteiger partial charge in [0.25, 0.3) is 0 Å². The number of aromatic nitrogens is 2. The lowest BCUT2D eigenvalue weighted by atomic mass is 10.3. The van der Waals surface area contributed by atoms with Gasteiger partial charge in [0.05, 0.1) is 7.11 Å². The predicted molar refractivity (Wildman–Crippen MR) is 51.7 cm³/mol. The zero-order chi connectivity index (χ0) is 10.6. The van der Waals surface area contributed by atoms with Crippen LogP contribution in [0.25, 0.3) is 0 Å². The molecule has 0 saturated carbocycles. The Balaban J connectivity index is 2.68. The monoisotopic (exact) mass is 196 g/mol. The molecule has 1 aromatic rings. The van der Waals surface area contributed by atoms with Crippen LogP contribution in [-0.4, -0.2) is 29.6 Å². The van der Waals surface area contributed by atoms with E-state index in [9.17, 15) is 4.79 Å². The van der Waals surface area contributed by atoms with Crippen LogP contribution in [0.1, 0.15) is 5.56 Å². The third kappa shape index (κ3) is 2.32. The number of carbonyl (C=O) groups is 1. The minimum absolute atomic E-state index is 0.0633. The molecule has 0 bridgehead atoms. The Morgan fingerprint density at radius 2 is 2.36 bits per heavy atom. The van der Waals surface area contributed by atoms with Crippen LogP contribution in [0, 0.1) is 6.92 Å². The molecule has 0 radical (unpaired) electrons. The topological polar surface area (TPSA) is 90.1 Å². The van der Waals surface area contributed by atoms with Gasteiger partial charge in [0, 0.05) is 5.56 Å². The van der Waals surface area contributed by atoms with Gasteiger partial charge in [0.15, 0.2) is 0 Å². The first-order valence-electron chi connectivity index (χ1n) is 4.03. The number of carbonyl (C=O) groups excluding carboxylic acids is 1. The van der Waals surface area contributed by atoms with Crippen LogP contribution in [0.2, 0.25) is 0 Å². The van der Waals surface area contributed by atoms with Crippen LogP contribution < -0.4 is 11.1 Å². The van der Waals surface area contributed by atoms with Gasteiger partial charge in [0.1, 0.15) is 24.5 Å². The maximum atomic E-state index is 10.8. The van der Waals surface area contributed by atoms with Crippen molar-refractivity contribution in [2.24, 2.45) is 0 Å². The van der Waals surface area contributed by atoms with E-state index >= 15 is 0 Å². The Bertz CT molecular complexity index is 340. The molecular weight excluding hydrogens is 184 g/mol. The van der Waals surface area contributed by atoms with E-state index in [1.54, 1.807) is 6.92 Å². The molecule has 0 aliphatic rings. The summed E-state index contributed by atoms with van der Waals surface area (Å²) in [7, 11) is 1.32. The van der Waals surface area contributed by atoms with Crippen molar-refractivity contribution < 1.29 is 9.53 Å². The second-order valence-electron chi connectivity index (χ2n) is 2.66. The van der Waals surface area contributed by atoms with Crippen molar-refractivity contribution in [2.75, 3.05) is 24.7 Å². The molecule has 1 heterocycles. The lowest BCUT2D eigenvalue weighted by Gasteiger charge is -2.07. The summed E-state index contributed by atoms with van der Waals surface area (Å²) in [5.41, 5.74) is 6.27. The number of nitrogens with one attached hydrogen (secondary N) is 1. The van der Waals surface area contributed by atoms with Crippen LogP contribution >= 0.6 is 0 Å². The molecule has 14 heavy (non-hydrogen) atoms. The summed E-state index contributed by atoms with van der Waals surface area (Å²) < 4.78 is 4.47. The second kappa shape index (κ2) is 4.40. The molecule has 0 spiro atoms. The highest BCUT2D eigenvalue weighted by Crippen LogP contribution is 2.14. The fourth-order valence-electron chi connectivity index (χ4n) is 0.870. The van der Waals surface area contributed by atoms with Gasteiger partial charge >= 0.3 is 5.97 Å². The van der Waals surface area contributed by atoms with Crippen LogP contribution in [0.5, 0.6) is 0 Å². The van der Waals surface area contributed by atoms with Gasteiger partial charge in [-0.2, -0.15) is 0 Å². The maximum absolute atomic E-state index is 10.8. The fraction of sp³-hybridized carbons (Fsp3) is 0.375. The van der Waals surface area contributed by atoms with E-state index in [1.807, 2.05) is 0 Å². The molecule has 76 valence electrons. The van der Waals surface area contributed by atoms with Gasteiger partial charge < -0.3 is 15.8 Å². The smallest absolute Gasteiger partial charge is 0.325 e. The highest BCUT2D eigenvalue weighted by atomic mass is 16.5. The minimum atomic E-state index is -0.360. The molecule has 0 fully saturated rings. The maximum Gasteiger partial charge on any atom is 0.325 e. The van der Waals surface area contributed by atoms with E-state index < -0.39 is 0 Å². The first-order valence-corrected chi connectivity index (χ1v) is 4.03. The van der Waals surface area contributed by atoms with Crippen molar-refractivity contribution >= 4 is 17.6 Å².